The number of furan rings is 2. The zero-order valence-electron chi connectivity index (χ0n) is 39.3. The van der Waals surface area contributed by atoms with Crippen molar-refractivity contribution in [2.75, 3.05) is 0 Å². The van der Waals surface area contributed by atoms with E-state index in [0.717, 1.165) is 108 Å². The van der Waals surface area contributed by atoms with Gasteiger partial charge in [-0.15, -0.1) is 0 Å². The molecule has 11 heterocycles. The van der Waals surface area contributed by atoms with E-state index in [-0.39, 0.29) is 0 Å². The minimum Gasteiger partial charge on any atom is -0.455 e. The van der Waals surface area contributed by atoms with Crippen LogP contribution in [-0.2, 0) is 38.5 Å². The van der Waals surface area contributed by atoms with E-state index >= 15 is 0 Å². The molecule has 68 heavy (non-hydrogen) atoms. The van der Waals surface area contributed by atoms with Crippen molar-refractivity contribution in [2.45, 2.75) is 116 Å². The predicted molar refractivity (Wildman–Crippen MR) is 281 cm³/mol. The maximum absolute atomic E-state index is 6.61. The number of para-hydroxylation sites is 2. The lowest BCUT2D eigenvalue weighted by Crippen LogP contribution is -1.94. The normalized spacial score (nSPS) is 15.2. The van der Waals surface area contributed by atoms with Crippen LogP contribution in [0.3, 0.4) is 0 Å². The highest BCUT2D eigenvalue weighted by Crippen LogP contribution is 2.40. The second kappa shape index (κ2) is 20.6. The molecule has 10 aromatic rings. The molecule has 0 unspecified atom stereocenters. The maximum Gasteiger partial charge on any atom is 0.145 e. The van der Waals surface area contributed by atoms with Gasteiger partial charge in [-0.1, -0.05) is 130 Å². The summed E-state index contributed by atoms with van der Waals surface area (Å²) in [6, 6.07) is 48.5. The summed E-state index contributed by atoms with van der Waals surface area (Å²) >= 11 is 0. The molecule has 12 bridgehead atoms. The lowest BCUT2D eigenvalue weighted by Gasteiger charge is -2.09. The molecule has 19 rings (SSSR count). The fourth-order valence-electron chi connectivity index (χ4n) is 10.7. The van der Waals surface area contributed by atoms with E-state index in [1.165, 1.54) is 118 Å². The third-order valence-corrected chi connectivity index (χ3v) is 14.5. The van der Waals surface area contributed by atoms with Crippen molar-refractivity contribution >= 4 is 43.9 Å². The highest BCUT2D eigenvalue weighted by atomic mass is 16.3. The molecule has 3 aliphatic carbocycles. The smallest absolute Gasteiger partial charge is 0.145 e. The Morgan fingerprint density at radius 2 is 0.691 bits per heavy atom. The molecule has 9 aliphatic rings. The van der Waals surface area contributed by atoms with Crippen molar-refractivity contribution in [2.24, 2.45) is 0 Å². The van der Waals surface area contributed by atoms with E-state index in [1.54, 1.807) is 0 Å². The first-order chi connectivity index (χ1) is 33.7. The zero-order valence-corrected chi connectivity index (χ0v) is 39.3. The third kappa shape index (κ3) is 9.63. The number of aromatic nitrogens is 3. The van der Waals surface area contributed by atoms with E-state index in [1.807, 2.05) is 0 Å². The van der Waals surface area contributed by atoms with Gasteiger partial charge in [-0.3, -0.25) is 15.0 Å². The van der Waals surface area contributed by atoms with Gasteiger partial charge < -0.3 is 8.83 Å². The first-order valence-corrected chi connectivity index (χ1v) is 25.5. The first kappa shape index (κ1) is 43.7. The van der Waals surface area contributed by atoms with Gasteiger partial charge in [-0.25, -0.2) is 0 Å². The van der Waals surface area contributed by atoms with Gasteiger partial charge in [0.2, 0.25) is 0 Å². The predicted octanol–water partition coefficient (Wildman–Crippen LogP) is 17.0. The van der Waals surface area contributed by atoms with Crippen molar-refractivity contribution in [3.05, 3.63) is 185 Å². The molecule has 0 saturated carbocycles. The molecule has 0 fully saturated rings. The number of benzene rings is 5. The summed E-state index contributed by atoms with van der Waals surface area (Å²) in [7, 11) is 0. The fourth-order valence-corrected chi connectivity index (χ4v) is 10.7. The molecule has 5 aromatic heterocycles. The van der Waals surface area contributed by atoms with Crippen molar-refractivity contribution < 1.29 is 8.83 Å². The van der Waals surface area contributed by atoms with Gasteiger partial charge >= 0.3 is 0 Å². The van der Waals surface area contributed by atoms with Gasteiger partial charge in [0.05, 0.1) is 17.1 Å². The number of fused-ring (bicyclic) bond motifs is 5. The van der Waals surface area contributed by atoms with Gasteiger partial charge in [0, 0.05) is 56.8 Å². The van der Waals surface area contributed by atoms with Crippen molar-refractivity contribution in [3.63, 3.8) is 0 Å². The molecular formula is C63H61N3O2. The molecule has 0 amide bonds. The summed E-state index contributed by atoms with van der Waals surface area (Å²) in [6.45, 7) is 0. The first-order valence-electron chi connectivity index (χ1n) is 25.5. The van der Waals surface area contributed by atoms with E-state index in [9.17, 15) is 0 Å². The van der Waals surface area contributed by atoms with E-state index < -0.39 is 0 Å². The summed E-state index contributed by atoms with van der Waals surface area (Å²) in [5.41, 5.74) is 18.1. The van der Waals surface area contributed by atoms with E-state index in [0.29, 0.717) is 0 Å². The Labute approximate surface area is 400 Å². The van der Waals surface area contributed by atoms with Crippen LogP contribution in [0.4, 0.5) is 0 Å². The second-order valence-electron chi connectivity index (χ2n) is 19.2. The molecular weight excluding hydrogens is 831 g/mol. The van der Waals surface area contributed by atoms with E-state index in [4.69, 9.17) is 23.8 Å². The second-order valence-corrected chi connectivity index (χ2v) is 19.2. The highest BCUT2D eigenvalue weighted by Gasteiger charge is 2.19. The lowest BCUT2D eigenvalue weighted by molar-refractivity contribution is 0.640. The summed E-state index contributed by atoms with van der Waals surface area (Å²) in [4.78, 5) is 14.9. The molecule has 6 aliphatic heterocycles. The quantitative estimate of drug-likeness (QED) is 0.152. The van der Waals surface area contributed by atoms with Crippen molar-refractivity contribution in [3.8, 4) is 33.8 Å². The molecule has 0 spiro atoms. The number of nitrogens with zero attached hydrogens (tertiary/aromatic N) is 3. The molecule has 5 heteroatoms. The average molecular weight is 892 g/mol. The van der Waals surface area contributed by atoms with Crippen LogP contribution in [0.5, 0.6) is 0 Å². The minimum atomic E-state index is 0.937. The Morgan fingerprint density at radius 3 is 1.12 bits per heavy atom. The molecule has 0 radical (unpaired) electrons. The monoisotopic (exact) mass is 891 g/mol. The number of pyridine rings is 3. The van der Waals surface area contributed by atoms with Crippen LogP contribution in [-0.4, -0.2) is 15.0 Å². The van der Waals surface area contributed by atoms with Crippen LogP contribution in [0.15, 0.2) is 161 Å². The van der Waals surface area contributed by atoms with Gasteiger partial charge in [0.15, 0.2) is 0 Å². The Morgan fingerprint density at radius 1 is 0.309 bits per heavy atom. The standard InChI is InChI=1S/C63H61N3O2/c1-2-8-19-46-30-39-56(65-42-46)51-36-35-50(61-54-24-14-16-26-59(54)67-62(51)61)22-12-6-4-10-20-47-31-40-57(66-43-47)52-37-34-49(60-53-23-13-15-25-58(53)68-63(52)60)21-11-5-3-9-18-45-29-38-55(64-41-45)48-32-27-44(17-7-1)28-33-48/h13-16,23-43H,1-12,17-22H2. The summed E-state index contributed by atoms with van der Waals surface area (Å²) in [6.07, 6.45) is 26.8. The van der Waals surface area contributed by atoms with Crippen LogP contribution in [0.2, 0.25) is 0 Å². The van der Waals surface area contributed by atoms with Crippen LogP contribution >= 0.6 is 0 Å². The summed E-state index contributed by atoms with van der Waals surface area (Å²) in [5, 5.41) is 4.86. The van der Waals surface area contributed by atoms with Crippen LogP contribution in [0, 0.1) is 0 Å². The Kier molecular flexibility index (Phi) is 13.2. The molecule has 0 N–H and O–H groups in total. The van der Waals surface area contributed by atoms with Gasteiger partial charge in [0.25, 0.3) is 0 Å². The largest absolute Gasteiger partial charge is 0.455 e. The number of rotatable bonds is 0. The summed E-state index contributed by atoms with van der Waals surface area (Å²) < 4.78 is 13.2. The topological polar surface area (TPSA) is 65.0 Å². The molecule has 0 saturated heterocycles. The third-order valence-electron chi connectivity index (χ3n) is 14.5. The zero-order chi connectivity index (χ0) is 45.5. The van der Waals surface area contributed by atoms with Crippen molar-refractivity contribution in [1.29, 1.82) is 0 Å². The average Bonchev–Trinajstić information content (AvgIpc) is 3.98. The van der Waals surface area contributed by atoms with Gasteiger partial charge in [0.1, 0.15) is 22.3 Å². The van der Waals surface area contributed by atoms with Crippen molar-refractivity contribution in [1.82, 2.24) is 15.0 Å². The lowest BCUT2D eigenvalue weighted by atomic mass is 9.96. The number of hydrogen-bond donors (Lipinski definition) is 0. The molecule has 5 aromatic carbocycles. The van der Waals surface area contributed by atoms with Crippen LogP contribution in [0.1, 0.15) is 110 Å². The Bertz CT molecular complexity index is 3270. The van der Waals surface area contributed by atoms with Crippen LogP contribution in [0.25, 0.3) is 77.6 Å². The summed E-state index contributed by atoms with van der Waals surface area (Å²) in [5.74, 6) is 0. The fraction of sp³-hybridized carbons (Fsp3) is 0.286. The minimum absolute atomic E-state index is 0.937. The number of hydrogen-bond acceptors (Lipinski definition) is 5. The highest BCUT2D eigenvalue weighted by molar-refractivity contribution is 6.12. The van der Waals surface area contributed by atoms with Gasteiger partial charge in [-0.2, -0.15) is 0 Å². The molecule has 340 valence electrons. The van der Waals surface area contributed by atoms with Gasteiger partial charge in [-0.05, 0) is 153 Å². The molecule has 5 nitrogen and oxygen atoms in total. The SMILES string of the molecule is c1ccc2c(c1)oc1c3ccc(c12)CCCCCCc1ccc(nc1)-c1ccc(cc1)CCCCCCc1ccc(nc1)-c1ccc(c2c1oc1ccccc12)CCCCCCc1ccc-3nc1. The number of aryl methyl sites for hydroxylation is 6. The Hall–Kier alpha value is -6.85. The Balaban J connectivity index is 0.803. The molecule has 0 atom stereocenters. The van der Waals surface area contributed by atoms with E-state index in [2.05, 4.69) is 152 Å². The maximum atomic E-state index is 6.61. The van der Waals surface area contributed by atoms with Crippen LogP contribution < -0.4 is 0 Å².